The first-order valence-electron chi connectivity index (χ1n) is 10.6. The zero-order chi connectivity index (χ0) is 21.9. The number of piperazine rings is 1. The van der Waals surface area contributed by atoms with Crippen LogP contribution in [-0.4, -0.2) is 52.9 Å². The van der Waals surface area contributed by atoms with Gasteiger partial charge in [0.05, 0.1) is 24.6 Å². The fourth-order valence-electron chi connectivity index (χ4n) is 4.00. The fourth-order valence-corrected chi connectivity index (χ4v) is 4.00. The monoisotopic (exact) mass is 429 g/mol. The minimum Gasteiger partial charge on any atom is -0.459 e. The number of pyridine rings is 1. The van der Waals surface area contributed by atoms with E-state index >= 15 is 0 Å². The highest BCUT2D eigenvalue weighted by Crippen LogP contribution is 2.20. The molecule has 1 saturated heterocycles. The second-order valence-electron chi connectivity index (χ2n) is 7.75. The standard InChI is InChI=1S/C24H23N5O3/c30-23(14-17-15-25-20-5-2-1-4-19(17)20)27-18-7-8-22(26-16-18)28-9-11-29(12-10-28)24(31)21-6-3-13-32-21/h1-8,13,15-16,25H,9-12,14H2,(H,27,30). The first-order valence-corrected chi connectivity index (χ1v) is 10.6. The van der Waals surface area contributed by atoms with Gasteiger partial charge in [-0.15, -0.1) is 0 Å². The lowest BCUT2D eigenvalue weighted by molar-refractivity contribution is -0.115. The number of furan rings is 1. The first kappa shape index (κ1) is 19.9. The molecule has 1 aliphatic rings. The first-order chi connectivity index (χ1) is 15.7. The zero-order valence-electron chi connectivity index (χ0n) is 17.5. The topological polar surface area (TPSA) is 94.5 Å². The van der Waals surface area contributed by atoms with Gasteiger partial charge < -0.3 is 24.5 Å². The molecule has 0 radical (unpaired) electrons. The molecule has 5 rings (SSSR count). The number of aromatic amines is 1. The van der Waals surface area contributed by atoms with Gasteiger partial charge in [0, 0.05) is 43.3 Å². The number of carbonyl (C=O) groups excluding carboxylic acids is 2. The van der Waals surface area contributed by atoms with Gasteiger partial charge in [-0.1, -0.05) is 18.2 Å². The Kier molecular flexibility index (Phi) is 5.33. The molecule has 0 spiro atoms. The lowest BCUT2D eigenvalue weighted by atomic mass is 10.1. The molecule has 0 bridgehead atoms. The highest BCUT2D eigenvalue weighted by atomic mass is 16.3. The molecule has 8 nitrogen and oxygen atoms in total. The predicted octanol–water partition coefficient (Wildman–Crippen LogP) is 3.30. The SMILES string of the molecule is O=C(Cc1c[nH]c2ccccc12)Nc1ccc(N2CCN(C(=O)c3ccco3)CC2)nc1. The summed E-state index contributed by atoms with van der Waals surface area (Å²) in [5, 5.41) is 3.97. The number of aromatic nitrogens is 2. The molecule has 162 valence electrons. The van der Waals surface area contributed by atoms with Crippen molar-refractivity contribution in [2.24, 2.45) is 0 Å². The number of benzene rings is 1. The summed E-state index contributed by atoms with van der Waals surface area (Å²) in [6, 6.07) is 15.1. The van der Waals surface area contributed by atoms with E-state index < -0.39 is 0 Å². The second-order valence-corrected chi connectivity index (χ2v) is 7.75. The van der Waals surface area contributed by atoms with Crippen molar-refractivity contribution in [1.29, 1.82) is 0 Å². The molecule has 1 aliphatic heterocycles. The summed E-state index contributed by atoms with van der Waals surface area (Å²) in [5.41, 5.74) is 2.64. The van der Waals surface area contributed by atoms with Crippen LogP contribution in [0.5, 0.6) is 0 Å². The van der Waals surface area contributed by atoms with Crippen LogP contribution in [0.2, 0.25) is 0 Å². The summed E-state index contributed by atoms with van der Waals surface area (Å²) in [6.07, 6.45) is 5.34. The van der Waals surface area contributed by atoms with Gasteiger partial charge in [0.1, 0.15) is 5.82 Å². The Labute approximate surface area is 184 Å². The van der Waals surface area contributed by atoms with Crippen molar-refractivity contribution in [3.05, 3.63) is 78.5 Å². The molecule has 4 heterocycles. The highest BCUT2D eigenvalue weighted by molar-refractivity contribution is 5.95. The summed E-state index contributed by atoms with van der Waals surface area (Å²) < 4.78 is 5.21. The molecule has 0 unspecified atom stereocenters. The van der Waals surface area contributed by atoms with Crippen LogP contribution in [-0.2, 0) is 11.2 Å². The molecule has 8 heteroatoms. The van der Waals surface area contributed by atoms with E-state index in [4.69, 9.17) is 4.42 Å². The van der Waals surface area contributed by atoms with Crippen LogP contribution in [0.3, 0.4) is 0 Å². The van der Waals surface area contributed by atoms with Crippen molar-refractivity contribution < 1.29 is 14.0 Å². The predicted molar refractivity (Wildman–Crippen MR) is 122 cm³/mol. The molecule has 32 heavy (non-hydrogen) atoms. The van der Waals surface area contributed by atoms with Crippen LogP contribution in [0.15, 0.2) is 71.6 Å². The summed E-state index contributed by atoms with van der Waals surface area (Å²) >= 11 is 0. The van der Waals surface area contributed by atoms with E-state index in [1.165, 1.54) is 6.26 Å². The molecule has 2 N–H and O–H groups in total. The average Bonchev–Trinajstić information content (AvgIpc) is 3.50. The fraction of sp³-hybridized carbons (Fsp3) is 0.208. The summed E-state index contributed by atoms with van der Waals surface area (Å²) in [4.78, 5) is 36.5. The van der Waals surface area contributed by atoms with E-state index in [1.54, 1.807) is 23.2 Å². The van der Waals surface area contributed by atoms with E-state index in [1.807, 2.05) is 42.6 Å². The van der Waals surface area contributed by atoms with Crippen molar-refractivity contribution >= 4 is 34.2 Å². The van der Waals surface area contributed by atoms with Crippen LogP contribution in [0.25, 0.3) is 10.9 Å². The van der Waals surface area contributed by atoms with Crippen molar-refractivity contribution in [2.75, 3.05) is 36.4 Å². The summed E-state index contributed by atoms with van der Waals surface area (Å²) in [6.45, 7) is 2.58. The summed E-state index contributed by atoms with van der Waals surface area (Å²) in [7, 11) is 0. The smallest absolute Gasteiger partial charge is 0.289 e. The van der Waals surface area contributed by atoms with Gasteiger partial charge in [-0.05, 0) is 35.9 Å². The number of carbonyl (C=O) groups is 2. The molecule has 2 amide bonds. The van der Waals surface area contributed by atoms with E-state index in [0.29, 0.717) is 37.6 Å². The number of hydrogen-bond donors (Lipinski definition) is 2. The number of fused-ring (bicyclic) bond motifs is 1. The molecule has 3 aromatic heterocycles. The molecular weight excluding hydrogens is 406 g/mol. The van der Waals surface area contributed by atoms with E-state index in [-0.39, 0.29) is 18.2 Å². The third-order valence-corrected chi connectivity index (χ3v) is 5.68. The maximum absolute atomic E-state index is 12.5. The van der Waals surface area contributed by atoms with Gasteiger partial charge in [-0.3, -0.25) is 9.59 Å². The van der Waals surface area contributed by atoms with Gasteiger partial charge in [0.2, 0.25) is 5.91 Å². The third kappa shape index (κ3) is 4.07. The van der Waals surface area contributed by atoms with Crippen molar-refractivity contribution in [1.82, 2.24) is 14.9 Å². The normalized spacial score (nSPS) is 14.0. The minimum absolute atomic E-state index is 0.0872. The third-order valence-electron chi connectivity index (χ3n) is 5.68. The molecular formula is C24H23N5O3. The second kappa shape index (κ2) is 8.58. The number of H-pyrrole nitrogens is 1. The number of anilines is 2. The maximum Gasteiger partial charge on any atom is 0.289 e. The van der Waals surface area contributed by atoms with Gasteiger partial charge >= 0.3 is 0 Å². The molecule has 0 saturated carbocycles. The van der Waals surface area contributed by atoms with Crippen LogP contribution in [0.1, 0.15) is 16.1 Å². The lowest BCUT2D eigenvalue weighted by Gasteiger charge is -2.35. The molecule has 0 atom stereocenters. The number of para-hydroxylation sites is 1. The van der Waals surface area contributed by atoms with Crippen LogP contribution in [0.4, 0.5) is 11.5 Å². The van der Waals surface area contributed by atoms with Crippen LogP contribution >= 0.6 is 0 Å². The largest absolute Gasteiger partial charge is 0.459 e. The lowest BCUT2D eigenvalue weighted by Crippen LogP contribution is -2.49. The quantitative estimate of drug-likeness (QED) is 0.508. The molecule has 0 aliphatic carbocycles. The van der Waals surface area contributed by atoms with Crippen LogP contribution < -0.4 is 10.2 Å². The number of hydrogen-bond acceptors (Lipinski definition) is 5. The molecule has 1 aromatic carbocycles. The van der Waals surface area contributed by atoms with Crippen molar-refractivity contribution in [2.45, 2.75) is 6.42 Å². The van der Waals surface area contributed by atoms with Gasteiger partial charge in [-0.25, -0.2) is 4.98 Å². The Bertz CT molecular complexity index is 1220. The van der Waals surface area contributed by atoms with Gasteiger partial charge in [0.25, 0.3) is 5.91 Å². The number of amides is 2. The average molecular weight is 429 g/mol. The van der Waals surface area contributed by atoms with Gasteiger partial charge in [0.15, 0.2) is 5.76 Å². The van der Waals surface area contributed by atoms with E-state index in [0.717, 1.165) is 22.3 Å². The number of nitrogens with one attached hydrogen (secondary N) is 2. The van der Waals surface area contributed by atoms with Crippen LogP contribution in [0, 0.1) is 0 Å². The maximum atomic E-state index is 12.5. The van der Waals surface area contributed by atoms with Crippen molar-refractivity contribution in [3.63, 3.8) is 0 Å². The van der Waals surface area contributed by atoms with Crippen molar-refractivity contribution in [3.8, 4) is 0 Å². The zero-order valence-corrected chi connectivity index (χ0v) is 17.5. The Morgan fingerprint density at radius 2 is 1.88 bits per heavy atom. The molecule has 4 aromatic rings. The highest BCUT2D eigenvalue weighted by Gasteiger charge is 2.24. The Hall–Kier alpha value is -4.07. The van der Waals surface area contributed by atoms with Gasteiger partial charge in [-0.2, -0.15) is 0 Å². The molecule has 1 fully saturated rings. The minimum atomic E-state index is -0.0886. The Balaban J connectivity index is 1.16. The van der Waals surface area contributed by atoms with E-state index in [2.05, 4.69) is 20.2 Å². The number of nitrogens with zero attached hydrogens (tertiary/aromatic N) is 3. The Morgan fingerprint density at radius 3 is 2.62 bits per heavy atom. The number of rotatable bonds is 5. The van der Waals surface area contributed by atoms with E-state index in [9.17, 15) is 9.59 Å². The Morgan fingerprint density at radius 1 is 1.03 bits per heavy atom. The summed E-state index contributed by atoms with van der Waals surface area (Å²) in [5.74, 6) is 1.01.